The van der Waals surface area contributed by atoms with Gasteiger partial charge in [-0.05, 0) is 0 Å². The molecule has 0 amide bonds. The molecule has 0 saturated heterocycles. The molecule has 0 aromatic carbocycles. The van der Waals surface area contributed by atoms with Crippen molar-refractivity contribution in [2.75, 3.05) is 12.4 Å². The molecule has 0 aliphatic rings. The average molecular weight is 142 g/mol. The van der Waals surface area contributed by atoms with Crippen LogP contribution in [0.1, 0.15) is 5.82 Å². The van der Waals surface area contributed by atoms with Crippen LogP contribution < -0.4 is 5.32 Å². The highest BCUT2D eigenvalue weighted by Crippen LogP contribution is 2.01. The molecule has 1 heterocycles. The molecule has 2 N–H and O–H groups in total. The van der Waals surface area contributed by atoms with Crippen molar-refractivity contribution >= 4 is 5.95 Å². The molecule has 0 radical (unpaired) electrons. The highest BCUT2D eigenvalue weighted by molar-refractivity contribution is 5.23. The van der Waals surface area contributed by atoms with E-state index in [1.54, 1.807) is 18.7 Å². The minimum absolute atomic E-state index is 0.0782. The highest BCUT2D eigenvalue weighted by Gasteiger charge is 2.03. The number of hydrogen-bond donors (Lipinski definition) is 2. The Morgan fingerprint density at radius 3 is 2.60 bits per heavy atom. The molecule has 0 saturated carbocycles. The Labute approximate surface area is 58.7 Å². The molecule has 0 unspecified atom stereocenters. The van der Waals surface area contributed by atoms with Crippen LogP contribution in [0.3, 0.4) is 0 Å². The fourth-order valence-corrected chi connectivity index (χ4v) is 0.717. The van der Waals surface area contributed by atoms with Crippen LogP contribution in [-0.4, -0.2) is 26.9 Å². The van der Waals surface area contributed by atoms with Crippen molar-refractivity contribution in [2.45, 2.75) is 6.61 Å². The van der Waals surface area contributed by atoms with Crippen LogP contribution in [0.2, 0.25) is 0 Å². The molecule has 0 bridgehead atoms. The summed E-state index contributed by atoms with van der Waals surface area (Å²) >= 11 is 0. The zero-order chi connectivity index (χ0) is 7.56. The summed E-state index contributed by atoms with van der Waals surface area (Å²) in [4.78, 5) is 0. The second-order valence-corrected chi connectivity index (χ2v) is 1.91. The van der Waals surface area contributed by atoms with E-state index >= 15 is 0 Å². The normalized spacial score (nSPS) is 9.90. The third-order valence-electron chi connectivity index (χ3n) is 1.33. The maximum absolute atomic E-state index is 8.68. The zero-order valence-electron chi connectivity index (χ0n) is 6.00. The van der Waals surface area contributed by atoms with Crippen LogP contribution in [0.4, 0.5) is 5.95 Å². The van der Waals surface area contributed by atoms with Gasteiger partial charge in [-0.15, -0.1) is 10.2 Å². The van der Waals surface area contributed by atoms with Gasteiger partial charge in [-0.3, -0.25) is 4.57 Å². The number of aliphatic hydroxyl groups excluding tert-OH is 1. The van der Waals surface area contributed by atoms with E-state index in [1.807, 2.05) is 0 Å². The van der Waals surface area contributed by atoms with Gasteiger partial charge in [0, 0.05) is 14.1 Å². The van der Waals surface area contributed by atoms with Crippen LogP contribution in [0.25, 0.3) is 0 Å². The molecule has 1 aromatic heterocycles. The lowest BCUT2D eigenvalue weighted by Crippen LogP contribution is -2.01. The summed E-state index contributed by atoms with van der Waals surface area (Å²) in [6.45, 7) is -0.0782. The lowest BCUT2D eigenvalue weighted by Gasteiger charge is -1.98. The van der Waals surface area contributed by atoms with E-state index in [1.165, 1.54) is 0 Å². The third kappa shape index (κ3) is 0.950. The molecule has 1 aromatic rings. The Morgan fingerprint density at radius 2 is 2.30 bits per heavy atom. The van der Waals surface area contributed by atoms with Gasteiger partial charge >= 0.3 is 0 Å². The van der Waals surface area contributed by atoms with Crippen molar-refractivity contribution in [3.63, 3.8) is 0 Å². The molecule has 5 heteroatoms. The van der Waals surface area contributed by atoms with E-state index in [-0.39, 0.29) is 6.61 Å². The summed E-state index contributed by atoms with van der Waals surface area (Å²) in [6.07, 6.45) is 0. The predicted molar refractivity (Wildman–Crippen MR) is 36.5 cm³/mol. The summed E-state index contributed by atoms with van der Waals surface area (Å²) < 4.78 is 1.69. The summed E-state index contributed by atoms with van der Waals surface area (Å²) in [5, 5.41) is 19.0. The van der Waals surface area contributed by atoms with E-state index in [0.29, 0.717) is 11.8 Å². The van der Waals surface area contributed by atoms with Crippen molar-refractivity contribution in [2.24, 2.45) is 7.05 Å². The molecule has 5 nitrogen and oxygen atoms in total. The Hall–Kier alpha value is -1.10. The SMILES string of the molecule is CNc1nnc(CO)n1C. The Bertz CT molecular complexity index is 198. The topological polar surface area (TPSA) is 63.0 Å². The number of aromatic nitrogens is 3. The van der Waals surface area contributed by atoms with Gasteiger partial charge in [-0.2, -0.15) is 0 Å². The summed E-state index contributed by atoms with van der Waals surface area (Å²) in [6, 6.07) is 0. The highest BCUT2D eigenvalue weighted by atomic mass is 16.3. The fraction of sp³-hybridized carbons (Fsp3) is 0.600. The summed E-state index contributed by atoms with van der Waals surface area (Å²) in [5.41, 5.74) is 0. The number of hydrogen-bond acceptors (Lipinski definition) is 4. The first-order chi connectivity index (χ1) is 4.79. The minimum Gasteiger partial charge on any atom is -0.388 e. The van der Waals surface area contributed by atoms with Crippen molar-refractivity contribution in [1.82, 2.24) is 14.8 Å². The van der Waals surface area contributed by atoms with Gasteiger partial charge < -0.3 is 10.4 Å². The first kappa shape index (κ1) is 7.01. The standard InChI is InChI=1S/C5H10N4O/c1-6-5-8-7-4(3-10)9(5)2/h10H,3H2,1-2H3,(H,6,8). The van der Waals surface area contributed by atoms with Gasteiger partial charge in [-0.25, -0.2) is 0 Å². The van der Waals surface area contributed by atoms with Crippen LogP contribution in [-0.2, 0) is 13.7 Å². The molecule has 1 rings (SSSR count). The van der Waals surface area contributed by atoms with Crippen molar-refractivity contribution < 1.29 is 5.11 Å². The van der Waals surface area contributed by atoms with Crippen LogP contribution >= 0.6 is 0 Å². The molecule has 0 atom stereocenters. The number of nitrogens with zero attached hydrogens (tertiary/aromatic N) is 3. The quantitative estimate of drug-likeness (QED) is 0.576. The number of aliphatic hydroxyl groups is 1. The maximum Gasteiger partial charge on any atom is 0.224 e. The molecule has 56 valence electrons. The molecule has 10 heavy (non-hydrogen) atoms. The fourth-order valence-electron chi connectivity index (χ4n) is 0.717. The zero-order valence-corrected chi connectivity index (χ0v) is 6.00. The van der Waals surface area contributed by atoms with Gasteiger partial charge in [0.15, 0.2) is 5.82 Å². The monoisotopic (exact) mass is 142 g/mol. The number of anilines is 1. The van der Waals surface area contributed by atoms with Gasteiger partial charge in [0.25, 0.3) is 0 Å². The molecular weight excluding hydrogens is 132 g/mol. The third-order valence-corrected chi connectivity index (χ3v) is 1.33. The van der Waals surface area contributed by atoms with E-state index in [9.17, 15) is 0 Å². The Morgan fingerprint density at radius 1 is 1.60 bits per heavy atom. The average Bonchev–Trinajstić information content (AvgIpc) is 2.30. The first-order valence-corrected chi connectivity index (χ1v) is 2.96. The van der Waals surface area contributed by atoms with Gasteiger partial charge in [0.05, 0.1) is 0 Å². The minimum atomic E-state index is -0.0782. The number of nitrogens with one attached hydrogen (secondary N) is 1. The van der Waals surface area contributed by atoms with Crippen LogP contribution in [0, 0.1) is 0 Å². The van der Waals surface area contributed by atoms with Crippen molar-refractivity contribution in [1.29, 1.82) is 0 Å². The van der Waals surface area contributed by atoms with E-state index in [4.69, 9.17) is 5.11 Å². The lowest BCUT2D eigenvalue weighted by molar-refractivity contribution is 0.267. The second-order valence-electron chi connectivity index (χ2n) is 1.91. The van der Waals surface area contributed by atoms with E-state index in [0.717, 1.165) is 0 Å². The smallest absolute Gasteiger partial charge is 0.224 e. The Balaban J connectivity index is 2.97. The van der Waals surface area contributed by atoms with Crippen LogP contribution in [0.5, 0.6) is 0 Å². The lowest BCUT2D eigenvalue weighted by atomic mass is 10.6. The molecule has 0 fully saturated rings. The molecule has 0 aliphatic heterocycles. The van der Waals surface area contributed by atoms with E-state index < -0.39 is 0 Å². The predicted octanol–water partition coefficient (Wildman–Crippen LogP) is -0.651. The van der Waals surface area contributed by atoms with Gasteiger partial charge in [0.1, 0.15) is 6.61 Å². The van der Waals surface area contributed by atoms with E-state index in [2.05, 4.69) is 15.5 Å². The van der Waals surface area contributed by atoms with Crippen molar-refractivity contribution in [3.05, 3.63) is 5.82 Å². The second kappa shape index (κ2) is 2.66. The van der Waals surface area contributed by atoms with Gasteiger partial charge in [-0.1, -0.05) is 0 Å². The maximum atomic E-state index is 8.68. The largest absolute Gasteiger partial charge is 0.388 e. The summed E-state index contributed by atoms with van der Waals surface area (Å²) in [7, 11) is 3.54. The number of rotatable bonds is 2. The molecule has 0 aliphatic carbocycles. The summed E-state index contributed by atoms with van der Waals surface area (Å²) in [5.74, 6) is 1.22. The molecule has 0 spiro atoms. The Kier molecular flexibility index (Phi) is 1.86. The van der Waals surface area contributed by atoms with Crippen LogP contribution in [0.15, 0.2) is 0 Å². The van der Waals surface area contributed by atoms with Crippen molar-refractivity contribution in [3.8, 4) is 0 Å². The van der Waals surface area contributed by atoms with Gasteiger partial charge in [0.2, 0.25) is 5.95 Å². The first-order valence-electron chi connectivity index (χ1n) is 2.96. The molecular formula is C5H10N4O.